The Morgan fingerprint density at radius 3 is 1.53 bits per heavy atom. The fourth-order valence-corrected chi connectivity index (χ4v) is 9.36. The molecule has 0 saturated carbocycles. The predicted octanol–water partition coefficient (Wildman–Crippen LogP) is 17.5. The summed E-state index contributed by atoms with van der Waals surface area (Å²) in [5, 5.41) is 12.6. The van der Waals surface area contributed by atoms with Gasteiger partial charge in [-0.2, -0.15) is 0 Å². The van der Waals surface area contributed by atoms with Crippen molar-refractivity contribution < 1.29 is 0 Å². The molecule has 68 heavy (non-hydrogen) atoms. The van der Waals surface area contributed by atoms with E-state index in [-0.39, 0.29) is 5.92 Å². The molecule has 2 N–H and O–H groups in total. The van der Waals surface area contributed by atoms with E-state index in [1.807, 2.05) is 30.4 Å². The van der Waals surface area contributed by atoms with Gasteiger partial charge in [0, 0.05) is 40.1 Å². The lowest BCUT2D eigenvalue weighted by atomic mass is 9.86. The fourth-order valence-electron chi connectivity index (χ4n) is 9.36. The first kappa shape index (κ1) is 43.6. The smallest absolute Gasteiger partial charge is 0.0476 e. The van der Waals surface area contributed by atoms with Gasteiger partial charge in [-0.05, 0) is 143 Å². The first-order valence-electron chi connectivity index (χ1n) is 23.7. The van der Waals surface area contributed by atoms with Crippen molar-refractivity contribution in [1.29, 1.82) is 5.41 Å². The molecule has 3 heteroatoms. The van der Waals surface area contributed by atoms with Crippen LogP contribution in [0.5, 0.6) is 0 Å². The lowest BCUT2D eigenvalue weighted by Crippen LogP contribution is -2.18. The number of hydrogen-bond acceptors (Lipinski definition) is 3. The molecule has 330 valence electrons. The first-order valence-corrected chi connectivity index (χ1v) is 23.7. The Balaban J connectivity index is 0.943. The summed E-state index contributed by atoms with van der Waals surface area (Å²) in [4.78, 5) is 2.43. The van der Waals surface area contributed by atoms with Crippen LogP contribution in [-0.4, -0.2) is 5.71 Å². The Hall–Kier alpha value is -8.27. The van der Waals surface area contributed by atoms with E-state index >= 15 is 0 Å². The lowest BCUT2D eigenvalue weighted by molar-refractivity contribution is 0.866. The average molecular weight is 878 g/mol. The number of anilines is 3. The molecule has 1 atom stereocenters. The molecule has 0 spiro atoms. The van der Waals surface area contributed by atoms with Crippen molar-refractivity contribution in [3.8, 4) is 44.5 Å². The van der Waals surface area contributed by atoms with Gasteiger partial charge >= 0.3 is 0 Å². The van der Waals surface area contributed by atoms with Gasteiger partial charge in [0.1, 0.15) is 0 Å². The molecule has 0 amide bonds. The molecule has 8 aromatic carbocycles. The molecule has 0 fully saturated rings. The van der Waals surface area contributed by atoms with Crippen LogP contribution in [0.25, 0.3) is 55.8 Å². The van der Waals surface area contributed by atoms with Gasteiger partial charge in [0.2, 0.25) is 0 Å². The third-order valence-corrected chi connectivity index (χ3v) is 13.2. The highest BCUT2D eigenvalue weighted by Crippen LogP contribution is 2.42. The molecule has 2 aliphatic rings. The predicted molar refractivity (Wildman–Crippen MR) is 290 cm³/mol. The largest absolute Gasteiger partial charge is 0.355 e. The molecule has 2 aliphatic carbocycles. The van der Waals surface area contributed by atoms with Crippen LogP contribution in [0.15, 0.2) is 248 Å². The first-order chi connectivity index (χ1) is 33.4. The summed E-state index contributed by atoms with van der Waals surface area (Å²) in [5.74, 6) is 0.0699. The van der Waals surface area contributed by atoms with E-state index in [0.29, 0.717) is 5.71 Å². The van der Waals surface area contributed by atoms with Gasteiger partial charge in [0.15, 0.2) is 0 Å². The molecule has 8 aromatic rings. The van der Waals surface area contributed by atoms with Crippen LogP contribution in [0.3, 0.4) is 0 Å². The quantitative estimate of drug-likeness (QED) is 0.113. The van der Waals surface area contributed by atoms with Crippen molar-refractivity contribution in [3.63, 3.8) is 0 Å². The van der Waals surface area contributed by atoms with Crippen LogP contribution in [-0.2, 0) is 0 Å². The van der Waals surface area contributed by atoms with Crippen molar-refractivity contribution in [2.24, 2.45) is 5.92 Å². The number of nitrogens with zero attached hydrogens (tertiary/aromatic N) is 1. The minimum atomic E-state index is 0.0699. The maximum absolute atomic E-state index is 8.93. The Morgan fingerprint density at radius 2 is 1.00 bits per heavy atom. The number of hydrogen-bond donors (Lipinski definition) is 2. The molecule has 0 bridgehead atoms. The average Bonchev–Trinajstić information content (AvgIpc) is 3.40. The van der Waals surface area contributed by atoms with Crippen molar-refractivity contribution in [3.05, 3.63) is 271 Å². The van der Waals surface area contributed by atoms with Gasteiger partial charge in [-0.25, -0.2) is 0 Å². The van der Waals surface area contributed by atoms with Crippen LogP contribution in [0.4, 0.5) is 17.1 Å². The zero-order valence-corrected chi connectivity index (χ0v) is 38.7. The lowest BCUT2D eigenvalue weighted by Gasteiger charge is -2.30. The van der Waals surface area contributed by atoms with Crippen molar-refractivity contribution in [1.82, 2.24) is 0 Å². The second-order valence-electron chi connectivity index (χ2n) is 17.8. The highest BCUT2D eigenvalue weighted by molar-refractivity contribution is 6.03. The number of benzene rings is 8. The van der Waals surface area contributed by atoms with E-state index in [1.54, 1.807) is 0 Å². The Morgan fingerprint density at radius 1 is 0.500 bits per heavy atom. The van der Waals surface area contributed by atoms with Gasteiger partial charge in [-0.3, -0.25) is 0 Å². The van der Waals surface area contributed by atoms with Crippen LogP contribution in [0.1, 0.15) is 41.5 Å². The Kier molecular flexibility index (Phi) is 12.9. The molecule has 10 rings (SSSR count). The molecule has 0 radical (unpaired) electrons. The maximum atomic E-state index is 8.93. The van der Waals surface area contributed by atoms with E-state index in [1.165, 1.54) is 66.9 Å². The summed E-state index contributed by atoms with van der Waals surface area (Å²) >= 11 is 0. The summed E-state index contributed by atoms with van der Waals surface area (Å²) in [7, 11) is 0. The van der Waals surface area contributed by atoms with Crippen molar-refractivity contribution >= 4 is 34.0 Å². The molecular weight excluding hydrogens is 823 g/mol. The van der Waals surface area contributed by atoms with Crippen LogP contribution in [0, 0.1) is 25.2 Å². The van der Waals surface area contributed by atoms with Gasteiger partial charge in [-0.15, -0.1) is 0 Å². The topological polar surface area (TPSA) is 39.1 Å². The molecule has 3 nitrogen and oxygen atoms in total. The van der Waals surface area contributed by atoms with Gasteiger partial charge < -0.3 is 15.6 Å². The molecule has 1 unspecified atom stereocenters. The van der Waals surface area contributed by atoms with Crippen LogP contribution < -0.4 is 10.2 Å². The van der Waals surface area contributed by atoms with E-state index in [4.69, 9.17) is 5.41 Å². The van der Waals surface area contributed by atoms with Gasteiger partial charge in [-0.1, -0.05) is 205 Å². The van der Waals surface area contributed by atoms with Gasteiger partial charge in [0.05, 0.1) is 0 Å². The zero-order valence-electron chi connectivity index (χ0n) is 38.7. The molecule has 0 aromatic heterocycles. The summed E-state index contributed by atoms with van der Waals surface area (Å²) in [5.41, 5.74) is 21.8. The van der Waals surface area contributed by atoms with Crippen LogP contribution >= 0.6 is 0 Å². The van der Waals surface area contributed by atoms with E-state index in [9.17, 15) is 0 Å². The summed E-state index contributed by atoms with van der Waals surface area (Å²) in [6.07, 6.45) is 17.6. The second kappa shape index (κ2) is 20.1. The minimum absolute atomic E-state index is 0.0699. The molecule has 0 aliphatic heterocycles. The highest BCUT2D eigenvalue weighted by Gasteiger charge is 2.21. The fraction of sp³-hybridized carbons (Fsp3) is 0.0923. The van der Waals surface area contributed by atoms with Crippen molar-refractivity contribution in [2.45, 2.75) is 33.1 Å². The number of nitrogens with one attached hydrogen (secondary N) is 2. The SMILES string of the molecule is Cc1ccc(-c2ccc(N(C3=CC=C(c4ccccc4-c4ccccc4-c4ccc(N/C(=C\C(=N)C5C=CC=CC5)c5ccccc5)cc4)CC3)c3ccc(-c4ccc(C)cc4)cc3)cc2)cc1. The number of aryl methyl sites for hydroxylation is 2. The summed E-state index contributed by atoms with van der Waals surface area (Å²) in [6.45, 7) is 4.27. The zero-order chi connectivity index (χ0) is 46.2. The maximum Gasteiger partial charge on any atom is 0.0476 e. The second-order valence-corrected chi connectivity index (χ2v) is 17.8. The molecule has 0 heterocycles. The minimum Gasteiger partial charge on any atom is -0.355 e. The highest BCUT2D eigenvalue weighted by atomic mass is 15.1. The third kappa shape index (κ3) is 9.79. The monoisotopic (exact) mass is 877 g/mol. The summed E-state index contributed by atoms with van der Waals surface area (Å²) < 4.78 is 0. The van der Waals surface area contributed by atoms with E-state index in [0.717, 1.165) is 53.1 Å². The normalized spacial score (nSPS) is 14.5. The third-order valence-electron chi connectivity index (χ3n) is 13.2. The Labute approximate surface area is 402 Å². The van der Waals surface area contributed by atoms with Crippen molar-refractivity contribution in [2.75, 3.05) is 10.2 Å². The number of rotatable bonds is 13. The Bertz CT molecular complexity index is 3110. The van der Waals surface area contributed by atoms with Crippen LogP contribution in [0.2, 0.25) is 0 Å². The molecular formula is C65H55N3. The van der Waals surface area contributed by atoms with Gasteiger partial charge in [0.25, 0.3) is 0 Å². The van der Waals surface area contributed by atoms with E-state index < -0.39 is 0 Å². The summed E-state index contributed by atoms with van der Waals surface area (Å²) in [6, 6.07) is 72.2. The van der Waals surface area contributed by atoms with E-state index in [2.05, 4.69) is 236 Å². The molecule has 0 saturated heterocycles. The standard InChI is InChI=1S/C65H55N3/c1-46-21-25-48(26-22-46)50-31-39-57(40-32-50)68(58-41-33-51(34-42-58)49-27-23-47(2)24-28-49)59-43-35-53(36-44-59)61-18-10-12-20-63(61)62-19-11-9-17-60(62)52-29-37-56(38-30-52)67-65(55-15-7-4-8-16-55)45-64(66)54-13-5-3-6-14-54/h3-13,15-35,37-43,45,54,66-67H,14,36,44H2,1-2H3/b65-45-,66-64?. The number of allylic oxidation sites excluding steroid dienone is 9.